The lowest BCUT2D eigenvalue weighted by Gasteiger charge is -2.30. The molecule has 0 bridgehead atoms. The zero-order valence-corrected chi connectivity index (χ0v) is 20.1. The van der Waals surface area contributed by atoms with E-state index >= 15 is 0 Å². The van der Waals surface area contributed by atoms with E-state index in [4.69, 9.17) is 9.47 Å². The molecule has 0 radical (unpaired) electrons. The molecule has 5 rings (SSSR count). The molecule has 0 saturated carbocycles. The first-order valence-electron chi connectivity index (χ1n) is 10.9. The van der Waals surface area contributed by atoms with Crippen LogP contribution in [0.1, 0.15) is 35.9 Å². The number of methoxy groups -OCH3 is 2. The SMILES string of the molecule is COc1ccc([C@@H]2CC(=O)C3=C(C2)Nc2ccccc2N[C@H]3c2cccc(Br)c2)cc1OC. The lowest BCUT2D eigenvalue weighted by molar-refractivity contribution is -0.116. The fourth-order valence-corrected chi connectivity index (χ4v) is 5.19. The molecule has 3 aromatic rings. The topological polar surface area (TPSA) is 59.6 Å². The van der Waals surface area contributed by atoms with Gasteiger partial charge in [0.15, 0.2) is 17.3 Å². The number of rotatable bonds is 4. The number of benzene rings is 3. The zero-order valence-electron chi connectivity index (χ0n) is 18.5. The van der Waals surface area contributed by atoms with E-state index in [1.54, 1.807) is 14.2 Å². The lowest BCUT2D eigenvalue weighted by atomic mass is 9.78. The van der Waals surface area contributed by atoms with E-state index in [1.165, 1.54) is 0 Å². The van der Waals surface area contributed by atoms with Crippen molar-refractivity contribution in [2.45, 2.75) is 24.8 Å². The van der Waals surface area contributed by atoms with Gasteiger partial charge in [0.05, 0.1) is 31.6 Å². The van der Waals surface area contributed by atoms with Gasteiger partial charge < -0.3 is 20.1 Å². The number of ether oxygens (including phenoxy) is 2. The van der Waals surface area contributed by atoms with Crippen LogP contribution >= 0.6 is 15.9 Å². The van der Waals surface area contributed by atoms with Gasteiger partial charge in [0, 0.05) is 22.2 Å². The van der Waals surface area contributed by atoms with Crippen LogP contribution in [-0.2, 0) is 4.79 Å². The van der Waals surface area contributed by atoms with Crippen molar-refractivity contribution in [3.8, 4) is 11.5 Å². The maximum Gasteiger partial charge on any atom is 0.163 e. The first-order valence-corrected chi connectivity index (χ1v) is 11.7. The number of allylic oxidation sites excluding steroid dienone is 1. The third-order valence-corrected chi connectivity index (χ3v) is 6.86. The molecule has 2 aliphatic rings. The van der Waals surface area contributed by atoms with Crippen LogP contribution in [0.15, 0.2) is 82.5 Å². The molecule has 0 spiro atoms. The van der Waals surface area contributed by atoms with Gasteiger partial charge in [0.25, 0.3) is 0 Å². The Balaban J connectivity index is 1.58. The van der Waals surface area contributed by atoms with Crippen LogP contribution in [-0.4, -0.2) is 20.0 Å². The molecular weight excluding hydrogens is 480 g/mol. The van der Waals surface area contributed by atoms with Gasteiger partial charge >= 0.3 is 0 Å². The van der Waals surface area contributed by atoms with E-state index in [9.17, 15) is 4.79 Å². The Morgan fingerprint density at radius 1 is 0.848 bits per heavy atom. The summed E-state index contributed by atoms with van der Waals surface area (Å²) in [6.07, 6.45) is 1.18. The molecule has 1 aliphatic heterocycles. The molecule has 0 unspecified atom stereocenters. The number of Topliss-reactive ketones (excluding diaryl/α,β-unsaturated/α-hetero) is 1. The number of nitrogens with one attached hydrogen (secondary N) is 2. The summed E-state index contributed by atoms with van der Waals surface area (Å²) in [5.41, 5.74) is 5.84. The van der Waals surface area contributed by atoms with Gasteiger partial charge in [-0.15, -0.1) is 0 Å². The number of anilines is 2. The largest absolute Gasteiger partial charge is 0.493 e. The summed E-state index contributed by atoms with van der Waals surface area (Å²) in [5, 5.41) is 7.21. The molecule has 1 heterocycles. The van der Waals surface area contributed by atoms with Crippen LogP contribution < -0.4 is 20.1 Å². The van der Waals surface area contributed by atoms with Crippen molar-refractivity contribution < 1.29 is 14.3 Å². The number of para-hydroxylation sites is 2. The fourth-order valence-electron chi connectivity index (χ4n) is 4.77. The Morgan fingerprint density at radius 2 is 1.64 bits per heavy atom. The number of ketones is 1. The minimum absolute atomic E-state index is 0.0528. The predicted molar refractivity (Wildman–Crippen MR) is 134 cm³/mol. The molecule has 2 atom stereocenters. The van der Waals surface area contributed by atoms with Crippen LogP contribution in [0, 0.1) is 0 Å². The molecule has 168 valence electrons. The van der Waals surface area contributed by atoms with Crippen molar-refractivity contribution in [2.24, 2.45) is 0 Å². The molecule has 3 aromatic carbocycles. The summed E-state index contributed by atoms with van der Waals surface area (Å²) in [7, 11) is 3.26. The number of carbonyl (C=O) groups excluding carboxylic acids is 1. The Morgan fingerprint density at radius 3 is 2.39 bits per heavy atom. The van der Waals surface area contributed by atoms with Crippen LogP contribution in [0.3, 0.4) is 0 Å². The summed E-state index contributed by atoms with van der Waals surface area (Å²) >= 11 is 3.58. The monoisotopic (exact) mass is 504 g/mol. The summed E-state index contributed by atoms with van der Waals surface area (Å²) < 4.78 is 11.9. The summed E-state index contributed by atoms with van der Waals surface area (Å²) in [6.45, 7) is 0. The normalized spacial score (nSPS) is 19.5. The van der Waals surface area contributed by atoms with E-state index in [-0.39, 0.29) is 17.7 Å². The van der Waals surface area contributed by atoms with Crippen molar-refractivity contribution in [1.29, 1.82) is 0 Å². The third-order valence-electron chi connectivity index (χ3n) is 6.37. The molecule has 1 aliphatic carbocycles. The van der Waals surface area contributed by atoms with Crippen molar-refractivity contribution >= 4 is 33.1 Å². The Hall–Kier alpha value is -3.25. The fraction of sp³-hybridized carbons (Fsp3) is 0.222. The van der Waals surface area contributed by atoms with Gasteiger partial charge in [0.1, 0.15) is 0 Å². The standard InChI is InChI=1S/C27H25BrN2O3/c1-32-24-11-10-16(15-25(24)33-2)18-13-22-26(23(31)14-18)27(17-6-5-7-19(28)12-17)30-21-9-4-3-8-20(21)29-22/h3-12,15,18,27,29-30H,13-14H2,1-2H3/t18-,27-/m0/s1. The summed E-state index contributed by atoms with van der Waals surface area (Å²) in [6, 6.07) is 21.9. The zero-order chi connectivity index (χ0) is 22.9. The van der Waals surface area contributed by atoms with E-state index in [0.717, 1.165) is 44.7 Å². The van der Waals surface area contributed by atoms with Crippen molar-refractivity contribution in [1.82, 2.24) is 0 Å². The quantitative estimate of drug-likeness (QED) is 0.427. The molecule has 5 nitrogen and oxygen atoms in total. The summed E-state index contributed by atoms with van der Waals surface area (Å²) in [4.78, 5) is 13.7. The van der Waals surface area contributed by atoms with E-state index in [2.05, 4.69) is 38.7 Å². The van der Waals surface area contributed by atoms with Gasteiger partial charge in [-0.1, -0.05) is 46.3 Å². The van der Waals surface area contributed by atoms with Crippen molar-refractivity contribution in [3.05, 3.63) is 93.6 Å². The average Bonchev–Trinajstić information content (AvgIpc) is 3.00. The van der Waals surface area contributed by atoms with E-state index in [0.29, 0.717) is 17.9 Å². The molecule has 33 heavy (non-hydrogen) atoms. The predicted octanol–water partition coefficient (Wildman–Crippen LogP) is 6.45. The van der Waals surface area contributed by atoms with Gasteiger partial charge in [-0.2, -0.15) is 0 Å². The Bertz CT molecular complexity index is 1250. The molecule has 0 saturated heterocycles. The molecule has 2 N–H and O–H groups in total. The highest BCUT2D eigenvalue weighted by Gasteiger charge is 2.36. The molecule has 0 fully saturated rings. The van der Waals surface area contributed by atoms with Gasteiger partial charge in [-0.25, -0.2) is 0 Å². The number of fused-ring (bicyclic) bond motifs is 1. The van der Waals surface area contributed by atoms with Gasteiger partial charge in [-0.3, -0.25) is 4.79 Å². The van der Waals surface area contributed by atoms with Gasteiger partial charge in [0.2, 0.25) is 0 Å². The minimum Gasteiger partial charge on any atom is -0.493 e. The van der Waals surface area contributed by atoms with Crippen molar-refractivity contribution in [2.75, 3.05) is 24.9 Å². The van der Waals surface area contributed by atoms with E-state index in [1.807, 2.05) is 54.6 Å². The highest BCUT2D eigenvalue weighted by Crippen LogP contribution is 2.45. The number of carbonyl (C=O) groups is 1. The van der Waals surface area contributed by atoms with Crippen LogP contribution in [0.25, 0.3) is 0 Å². The Kier molecular flexibility index (Phi) is 5.85. The second kappa shape index (κ2) is 8.94. The maximum absolute atomic E-state index is 13.7. The molecular formula is C27H25BrN2O3. The van der Waals surface area contributed by atoms with Crippen molar-refractivity contribution in [3.63, 3.8) is 0 Å². The Labute approximate surface area is 201 Å². The molecule has 0 aromatic heterocycles. The minimum atomic E-state index is -0.229. The number of hydrogen-bond acceptors (Lipinski definition) is 5. The average molecular weight is 505 g/mol. The number of hydrogen-bond donors (Lipinski definition) is 2. The first-order chi connectivity index (χ1) is 16.1. The molecule has 6 heteroatoms. The molecule has 0 amide bonds. The second-order valence-corrected chi connectivity index (χ2v) is 9.25. The number of halogens is 1. The van der Waals surface area contributed by atoms with Crippen LogP contribution in [0.4, 0.5) is 11.4 Å². The highest BCUT2D eigenvalue weighted by atomic mass is 79.9. The summed E-state index contributed by atoms with van der Waals surface area (Å²) in [5.74, 6) is 1.56. The van der Waals surface area contributed by atoms with Crippen LogP contribution in [0.2, 0.25) is 0 Å². The van der Waals surface area contributed by atoms with Gasteiger partial charge in [-0.05, 0) is 59.9 Å². The first kappa shape index (κ1) is 21.6. The van der Waals surface area contributed by atoms with Crippen LogP contribution in [0.5, 0.6) is 11.5 Å². The smallest absolute Gasteiger partial charge is 0.163 e. The lowest BCUT2D eigenvalue weighted by Crippen LogP contribution is -2.26. The highest BCUT2D eigenvalue weighted by molar-refractivity contribution is 9.10. The van der Waals surface area contributed by atoms with E-state index < -0.39 is 0 Å². The second-order valence-electron chi connectivity index (χ2n) is 8.34. The maximum atomic E-state index is 13.7. The third kappa shape index (κ3) is 4.11.